The number of piperidine rings is 1. The summed E-state index contributed by atoms with van der Waals surface area (Å²) in [7, 11) is 0. The second kappa shape index (κ2) is 13.1. The highest BCUT2D eigenvalue weighted by molar-refractivity contribution is 6.35. The number of halogens is 2. The van der Waals surface area contributed by atoms with Gasteiger partial charge in [-0.1, -0.05) is 66.4 Å². The maximum Gasteiger partial charge on any atom is 0.238 e. The highest BCUT2D eigenvalue weighted by Gasteiger charge is 2.38. The molecule has 0 bridgehead atoms. The summed E-state index contributed by atoms with van der Waals surface area (Å²) >= 11 is 12.3. The number of carbonyl (C=O) groups is 2. The Morgan fingerprint density at radius 3 is 2.33 bits per heavy atom. The lowest BCUT2D eigenvalue weighted by Gasteiger charge is -2.44. The standard InChI is InChI=1S/C35H36Cl2N4O2/c36-29-18-30(37)20-31(19-29)39-33(42)22-41-15-12-28-17-27(26-7-3-4-23(16-26)21-38)8-9-32(28)34(41)24-10-13-40(14-11-24)35(43)25-5-1-2-6-25/h3-4,7-9,16-20,24-25,34H,1-2,5-6,10-15,22H2,(H,39,42). The fraction of sp³-hybridized carbons (Fsp3) is 0.400. The topological polar surface area (TPSA) is 76.4 Å². The largest absolute Gasteiger partial charge is 0.342 e. The zero-order valence-corrected chi connectivity index (χ0v) is 25.7. The van der Waals surface area contributed by atoms with Crippen molar-refractivity contribution < 1.29 is 9.59 Å². The van der Waals surface area contributed by atoms with E-state index in [9.17, 15) is 14.9 Å². The van der Waals surface area contributed by atoms with Crippen molar-refractivity contribution in [2.45, 2.75) is 51.0 Å². The van der Waals surface area contributed by atoms with Gasteiger partial charge in [-0.3, -0.25) is 14.5 Å². The molecule has 2 aliphatic heterocycles. The number of hydrogen-bond donors (Lipinski definition) is 1. The number of amides is 2. The van der Waals surface area contributed by atoms with Crippen LogP contribution < -0.4 is 5.32 Å². The van der Waals surface area contributed by atoms with E-state index in [1.54, 1.807) is 18.2 Å². The molecule has 1 aliphatic carbocycles. The van der Waals surface area contributed by atoms with Gasteiger partial charge in [-0.15, -0.1) is 0 Å². The molecule has 0 aromatic heterocycles. The van der Waals surface area contributed by atoms with Crippen molar-refractivity contribution in [1.29, 1.82) is 5.26 Å². The molecule has 6 rings (SSSR count). The van der Waals surface area contributed by atoms with Gasteiger partial charge in [-0.05, 0) is 90.6 Å². The van der Waals surface area contributed by atoms with Crippen LogP contribution in [-0.2, 0) is 16.0 Å². The SMILES string of the molecule is N#Cc1cccc(-c2ccc3c(c2)CCN(CC(=O)Nc2cc(Cl)cc(Cl)c2)C3C2CCN(C(=O)C3CCCC3)CC2)c1. The number of nitrogens with one attached hydrogen (secondary N) is 1. The number of carbonyl (C=O) groups excluding carboxylic acids is 2. The molecule has 3 aromatic carbocycles. The minimum Gasteiger partial charge on any atom is -0.342 e. The van der Waals surface area contributed by atoms with Crippen LogP contribution in [0.15, 0.2) is 60.7 Å². The van der Waals surface area contributed by atoms with E-state index in [1.807, 2.05) is 24.3 Å². The number of benzene rings is 3. The van der Waals surface area contributed by atoms with E-state index in [4.69, 9.17) is 23.2 Å². The molecular formula is C35H36Cl2N4O2. The number of fused-ring (bicyclic) bond motifs is 1. The van der Waals surface area contributed by atoms with Crippen molar-refractivity contribution >= 4 is 40.7 Å². The fourth-order valence-corrected chi connectivity index (χ4v) is 7.79. The normalized spacial score (nSPS) is 19.6. The van der Waals surface area contributed by atoms with Gasteiger partial charge in [0.25, 0.3) is 0 Å². The third-order valence-corrected chi connectivity index (χ3v) is 9.78. The highest BCUT2D eigenvalue weighted by atomic mass is 35.5. The third kappa shape index (κ3) is 6.75. The van der Waals surface area contributed by atoms with E-state index in [-0.39, 0.29) is 24.4 Å². The second-order valence-electron chi connectivity index (χ2n) is 12.1. The summed E-state index contributed by atoms with van der Waals surface area (Å²) in [5.41, 5.74) is 5.89. The lowest BCUT2D eigenvalue weighted by atomic mass is 9.79. The van der Waals surface area contributed by atoms with E-state index >= 15 is 0 Å². The van der Waals surface area contributed by atoms with Gasteiger partial charge in [-0.25, -0.2) is 0 Å². The summed E-state index contributed by atoms with van der Waals surface area (Å²) < 4.78 is 0. The van der Waals surface area contributed by atoms with E-state index in [2.05, 4.69) is 39.4 Å². The first-order chi connectivity index (χ1) is 20.9. The van der Waals surface area contributed by atoms with E-state index in [0.29, 0.717) is 33.1 Å². The van der Waals surface area contributed by atoms with Crippen LogP contribution in [0.2, 0.25) is 10.0 Å². The van der Waals surface area contributed by atoms with Crippen LogP contribution in [0.1, 0.15) is 61.3 Å². The van der Waals surface area contributed by atoms with Crippen LogP contribution in [-0.4, -0.2) is 47.8 Å². The third-order valence-electron chi connectivity index (χ3n) is 9.34. The van der Waals surface area contributed by atoms with Crippen LogP contribution in [0.25, 0.3) is 11.1 Å². The predicted molar refractivity (Wildman–Crippen MR) is 171 cm³/mol. The average Bonchev–Trinajstić information content (AvgIpc) is 3.55. The van der Waals surface area contributed by atoms with Crippen LogP contribution >= 0.6 is 23.2 Å². The highest BCUT2D eigenvalue weighted by Crippen LogP contribution is 2.42. The Balaban J connectivity index is 1.24. The van der Waals surface area contributed by atoms with Crippen molar-refractivity contribution in [2.75, 3.05) is 31.5 Å². The van der Waals surface area contributed by atoms with Crippen LogP contribution in [0.3, 0.4) is 0 Å². The molecule has 3 aliphatic rings. The first kappa shape index (κ1) is 29.7. The minimum atomic E-state index is -0.106. The van der Waals surface area contributed by atoms with Crippen molar-refractivity contribution in [3.8, 4) is 17.2 Å². The smallest absolute Gasteiger partial charge is 0.238 e. The number of nitrogens with zero attached hydrogens (tertiary/aromatic N) is 3. The molecule has 2 fully saturated rings. The van der Waals surface area contributed by atoms with Gasteiger partial charge in [-0.2, -0.15) is 5.26 Å². The molecule has 2 amide bonds. The molecule has 1 saturated heterocycles. The summed E-state index contributed by atoms with van der Waals surface area (Å²) in [6, 6.07) is 21.7. The molecule has 222 valence electrons. The Morgan fingerprint density at radius 2 is 1.60 bits per heavy atom. The Bertz CT molecular complexity index is 1530. The summed E-state index contributed by atoms with van der Waals surface area (Å²) in [6.07, 6.45) is 7.02. The van der Waals surface area contributed by atoms with Crippen molar-refractivity contribution in [1.82, 2.24) is 9.80 Å². The molecule has 0 radical (unpaired) electrons. The van der Waals surface area contributed by atoms with Gasteiger partial charge in [0.1, 0.15) is 0 Å². The zero-order valence-electron chi connectivity index (χ0n) is 24.2. The molecule has 8 heteroatoms. The minimum absolute atomic E-state index is 0.0701. The maximum absolute atomic E-state index is 13.3. The average molecular weight is 616 g/mol. The first-order valence-electron chi connectivity index (χ1n) is 15.3. The summed E-state index contributed by atoms with van der Waals surface area (Å²) in [5.74, 6) is 0.754. The van der Waals surface area contributed by atoms with Gasteiger partial charge in [0, 0.05) is 47.3 Å². The first-order valence-corrected chi connectivity index (χ1v) is 16.1. The molecule has 3 aromatic rings. The molecule has 1 saturated carbocycles. The number of hydrogen-bond acceptors (Lipinski definition) is 4. The van der Waals surface area contributed by atoms with Crippen LogP contribution in [0.4, 0.5) is 5.69 Å². The van der Waals surface area contributed by atoms with Crippen molar-refractivity contribution in [3.05, 3.63) is 87.4 Å². The number of likely N-dealkylation sites (tertiary alicyclic amines) is 1. The molecule has 0 spiro atoms. The Hall–Kier alpha value is -3.37. The second-order valence-corrected chi connectivity index (χ2v) is 13.0. The van der Waals surface area contributed by atoms with E-state index < -0.39 is 0 Å². The van der Waals surface area contributed by atoms with Gasteiger partial charge in [0.2, 0.25) is 11.8 Å². The molecular weight excluding hydrogens is 579 g/mol. The molecule has 6 nitrogen and oxygen atoms in total. The molecule has 1 unspecified atom stereocenters. The fourth-order valence-electron chi connectivity index (χ4n) is 7.27. The Labute approximate surface area is 263 Å². The van der Waals surface area contributed by atoms with Crippen LogP contribution in [0.5, 0.6) is 0 Å². The Kier molecular flexibility index (Phi) is 9.04. The lowest BCUT2D eigenvalue weighted by molar-refractivity contribution is -0.137. The van der Waals surface area contributed by atoms with Gasteiger partial charge in [0.05, 0.1) is 18.2 Å². The van der Waals surface area contributed by atoms with Gasteiger partial charge < -0.3 is 10.2 Å². The van der Waals surface area contributed by atoms with Gasteiger partial charge in [0.15, 0.2) is 0 Å². The van der Waals surface area contributed by atoms with E-state index in [0.717, 1.165) is 75.7 Å². The van der Waals surface area contributed by atoms with E-state index in [1.165, 1.54) is 11.1 Å². The quantitative estimate of drug-likeness (QED) is 0.312. The van der Waals surface area contributed by atoms with Gasteiger partial charge >= 0.3 is 0 Å². The summed E-state index contributed by atoms with van der Waals surface area (Å²) in [4.78, 5) is 30.9. The number of nitriles is 1. The number of rotatable bonds is 6. The lowest BCUT2D eigenvalue weighted by Crippen LogP contribution is -2.48. The maximum atomic E-state index is 13.3. The van der Waals surface area contributed by atoms with Crippen molar-refractivity contribution in [3.63, 3.8) is 0 Å². The van der Waals surface area contributed by atoms with Crippen LogP contribution in [0, 0.1) is 23.2 Å². The molecule has 1 N–H and O–H groups in total. The molecule has 1 atom stereocenters. The zero-order chi connectivity index (χ0) is 29.9. The monoisotopic (exact) mass is 614 g/mol. The number of anilines is 1. The molecule has 2 heterocycles. The summed E-state index contributed by atoms with van der Waals surface area (Å²) in [5, 5.41) is 13.3. The molecule has 43 heavy (non-hydrogen) atoms. The summed E-state index contributed by atoms with van der Waals surface area (Å²) in [6.45, 7) is 2.55. The van der Waals surface area contributed by atoms with Crippen molar-refractivity contribution in [2.24, 2.45) is 11.8 Å². The predicted octanol–water partition coefficient (Wildman–Crippen LogP) is 7.50. The Morgan fingerprint density at radius 1 is 0.884 bits per heavy atom.